The number of benzene rings is 1. The Morgan fingerprint density at radius 1 is 1.48 bits per heavy atom. The summed E-state index contributed by atoms with van der Waals surface area (Å²) >= 11 is 5.87. The normalized spacial score (nSPS) is 20.5. The van der Waals surface area contributed by atoms with E-state index < -0.39 is 35.4 Å². The van der Waals surface area contributed by atoms with E-state index in [0.29, 0.717) is 0 Å². The van der Waals surface area contributed by atoms with Gasteiger partial charge in [0.1, 0.15) is 17.0 Å². The third kappa shape index (κ3) is 2.23. The van der Waals surface area contributed by atoms with Gasteiger partial charge >= 0.3 is 6.16 Å². The van der Waals surface area contributed by atoms with E-state index in [1.165, 1.54) is 10.6 Å². The fourth-order valence-corrected chi connectivity index (χ4v) is 2.49. The molecule has 2 atom stereocenters. The molecule has 21 heavy (non-hydrogen) atoms. The number of fused-ring (bicyclic) bond motifs is 1. The van der Waals surface area contributed by atoms with E-state index in [1.54, 1.807) is 0 Å². The molecule has 0 spiro atoms. The summed E-state index contributed by atoms with van der Waals surface area (Å²) in [5.74, 6) is -1.22. The number of aromatic nitrogens is 1. The summed E-state index contributed by atoms with van der Waals surface area (Å²) in [6.07, 6.45) is -1.60. The Hall–Kier alpha value is -2.15. The maximum Gasteiger partial charge on any atom is 0.511 e. The van der Waals surface area contributed by atoms with Gasteiger partial charge < -0.3 is 14.4 Å². The molecule has 2 aromatic rings. The first kappa shape index (κ1) is 13.8. The van der Waals surface area contributed by atoms with Crippen molar-refractivity contribution in [3.63, 3.8) is 0 Å². The highest BCUT2D eigenvalue weighted by molar-refractivity contribution is 6.35. The molecule has 1 fully saturated rings. The first-order valence-corrected chi connectivity index (χ1v) is 6.35. The van der Waals surface area contributed by atoms with Gasteiger partial charge in [0.05, 0.1) is 23.1 Å². The number of alkyl halides is 1. The second-order valence-corrected chi connectivity index (χ2v) is 5.05. The van der Waals surface area contributed by atoms with Gasteiger partial charge in [-0.1, -0.05) is 11.6 Å². The largest absolute Gasteiger partial charge is 0.511 e. The van der Waals surface area contributed by atoms with Crippen LogP contribution in [0.5, 0.6) is 5.75 Å². The number of ether oxygens (including phenoxy) is 1. The highest BCUT2D eigenvalue weighted by atomic mass is 35.5. The lowest BCUT2D eigenvalue weighted by molar-refractivity contribution is 0.143. The maximum atomic E-state index is 13.6. The highest BCUT2D eigenvalue weighted by Gasteiger charge is 2.40. The Morgan fingerprint density at radius 3 is 2.71 bits per heavy atom. The Bertz CT molecular complexity index is 820. The molecule has 0 radical (unpaired) electrons. The summed E-state index contributed by atoms with van der Waals surface area (Å²) in [7, 11) is 0. The molecule has 1 saturated carbocycles. The van der Waals surface area contributed by atoms with E-state index in [-0.39, 0.29) is 22.3 Å². The van der Waals surface area contributed by atoms with Crippen molar-refractivity contribution in [2.45, 2.75) is 18.6 Å². The van der Waals surface area contributed by atoms with Crippen molar-refractivity contribution in [1.29, 1.82) is 0 Å². The van der Waals surface area contributed by atoms with Crippen molar-refractivity contribution in [3.8, 4) is 5.75 Å². The molecule has 1 heterocycles. The average Bonchev–Trinajstić information content (AvgIpc) is 3.13. The smallest absolute Gasteiger partial charge is 0.449 e. The van der Waals surface area contributed by atoms with Crippen LogP contribution in [0, 0.1) is 5.82 Å². The van der Waals surface area contributed by atoms with E-state index in [9.17, 15) is 18.4 Å². The van der Waals surface area contributed by atoms with Gasteiger partial charge in [-0.3, -0.25) is 4.79 Å². The van der Waals surface area contributed by atoms with E-state index in [0.717, 1.165) is 12.3 Å². The molecular weight excluding hydrogens is 308 g/mol. The first-order valence-electron chi connectivity index (χ1n) is 5.98. The summed E-state index contributed by atoms with van der Waals surface area (Å²) in [5, 5.41) is 8.29. The molecule has 1 aliphatic rings. The molecule has 3 rings (SSSR count). The lowest BCUT2D eigenvalue weighted by Crippen LogP contribution is -2.16. The molecule has 1 aliphatic carbocycles. The van der Waals surface area contributed by atoms with Crippen LogP contribution in [0.15, 0.2) is 23.1 Å². The zero-order valence-electron chi connectivity index (χ0n) is 10.3. The maximum absolute atomic E-state index is 13.6. The number of pyridine rings is 1. The van der Waals surface area contributed by atoms with Gasteiger partial charge in [-0.05, 0) is 12.1 Å². The molecule has 8 heteroatoms. The zero-order chi connectivity index (χ0) is 15.3. The van der Waals surface area contributed by atoms with E-state index in [4.69, 9.17) is 16.7 Å². The monoisotopic (exact) mass is 315 g/mol. The molecule has 1 aromatic carbocycles. The molecule has 0 aliphatic heterocycles. The Labute approximate surface area is 121 Å². The summed E-state index contributed by atoms with van der Waals surface area (Å²) in [6, 6.07) is 1.53. The number of carbonyl (C=O) groups is 1. The molecule has 0 saturated heterocycles. The predicted molar refractivity (Wildman–Crippen MR) is 70.4 cm³/mol. The average molecular weight is 316 g/mol. The van der Waals surface area contributed by atoms with Gasteiger partial charge in [-0.15, -0.1) is 0 Å². The third-order valence-corrected chi connectivity index (χ3v) is 3.65. The van der Waals surface area contributed by atoms with Gasteiger partial charge in [0.15, 0.2) is 5.75 Å². The van der Waals surface area contributed by atoms with Crippen LogP contribution >= 0.6 is 11.6 Å². The minimum Gasteiger partial charge on any atom is -0.449 e. The predicted octanol–water partition coefficient (Wildman–Crippen LogP) is 3.13. The molecular formula is C13H8ClF2NO4. The van der Waals surface area contributed by atoms with Gasteiger partial charge in [0, 0.05) is 6.42 Å². The number of hydrogen-bond acceptors (Lipinski definition) is 3. The second kappa shape index (κ2) is 4.70. The topological polar surface area (TPSA) is 68.5 Å². The lowest BCUT2D eigenvalue weighted by atomic mass is 10.2. The van der Waals surface area contributed by atoms with Crippen molar-refractivity contribution in [1.82, 2.24) is 4.57 Å². The summed E-state index contributed by atoms with van der Waals surface area (Å²) in [5.41, 5.74) is -0.717. The fraction of sp³-hybridized carbons (Fsp3) is 0.231. The number of nitrogens with zero attached hydrogens (tertiary/aromatic N) is 1. The van der Waals surface area contributed by atoms with Crippen LogP contribution in [0.1, 0.15) is 12.5 Å². The van der Waals surface area contributed by atoms with Crippen molar-refractivity contribution in [2.75, 3.05) is 0 Å². The SMILES string of the molecule is O=C(O)Oc1cn(C2CC2F)c2c(Cl)c(F)ccc2c1=O. The van der Waals surface area contributed by atoms with E-state index in [2.05, 4.69) is 4.74 Å². The number of hydrogen-bond donors (Lipinski definition) is 1. The van der Waals surface area contributed by atoms with Crippen molar-refractivity contribution in [3.05, 3.63) is 39.4 Å². The van der Waals surface area contributed by atoms with Crippen LogP contribution in [0.2, 0.25) is 5.02 Å². The lowest BCUT2D eigenvalue weighted by Gasteiger charge is -2.13. The van der Waals surface area contributed by atoms with Gasteiger partial charge in [-0.2, -0.15) is 0 Å². The van der Waals surface area contributed by atoms with Crippen molar-refractivity contribution < 1.29 is 23.4 Å². The summed E-state index contributed by atoms with van der Waals surface area (Å²) < 4.78 is 32.6. The van der Waals surface area contributed by atoms with E-state index >= 15 is 0 Å². The quantitative estimate of drug-likeness (QED) is 0.864. The number of halogens is 3. The van der Waals surface area contributed by atoms with Crippen LogP contribution in [-0.2, 0) is 0 Å². The number of rotatable bonds is 2. The van der Waals surface area contributed by atoms with Gasteiger partial charge in [0.2, 0.25) is 5.43 Å². The molecule has 5 nitrogen and oxygen atoms in total. The first-order chi connectivity index (χ1) is 9.90. The Balaban J connectivity index is 2.35. The van der Waals surface area contributed by atoms with Crippen LogP contribution in [0.25, 0.3) is 10.9 Å². The zero-order valence-corrected chi connectivity index (χ0v) is 11.1. The van der Waals surface area contributed by atoms with Crippen molar-refractivity contribution >= 4 is 28.7 Å². The molecule has 1 aromatic heterocycles. The minimum absolute atomic E-state index is 0.0285. The molecule has 0 bridgehead atoms. The second-order valence-electron chi connectivity index (χ2n) is 4.67. The standard InChI is InChI=1S/C13H8ClF2NO4/c14-10-6(15)2-1-5-11(10)17(8-3-7(8)16)4-9(12(5)18)21-13(19)20/h1-2,4,7-8H,3H2,(H,19,20). The Morgan fingerprint density at radius 2 is 2.14 bits per heavy atom. The van der Waals surface area contributed by atoms with Gasteiger partial charge in [-0.25, -0.2) is 13.6 Å². The number of carboxylic acid groups (broad SMARTS) is 1. The molecule has 2 unspecified atom stereocenters. The van der Waals surface area contributed by atoms with Crippen LogP contribution in [0.4, 0.5) is 13.6 Å². The van der Waals surface area contributed by atoms with Gasteiger partial charge in [0.25, 0.3) is 0 Å². The molecule has 1 N–H and O–H groups in total. The molecule has 110 valence electrons. The fourth-order valence-electron chi connectivity index (χ4n) is 2.23. The van der Waals surface area contributed by atoms with Crippen LogP contribution < -0.4 is 10.2 Å². The highest BCUT2D eigenvalue weighted by Crippen LogP contribution is 2.42. The van der Waals surface area contributed by atoms with Crippen LogP contribution in [-0.4, -0.2) is 22.0 Å². The van der Waals surface area contributed by atoms with E-state index in [1.807, 2.05) is 0 Å². The minimum atomic E-state index is -1.67. The van der Waals surface area contributed by atoms with Crippen molar-refractivity contribution in [2.24, 2.45) is 0 Å². The summed E-state index contributed by atoms with van der Waals surface area (Å²) in [6.45, 7) is 0. The third-order valence-electron chi connectivity index (χ3n) is 3.29. The molecule has 0 amide bonds. The Kier molecular flexibility index (Phi) is 3.09. The van der Waals surface area contributed by atoms with Crippen LogP contribution in [0.3, 0.4) is 0 Å². The summed E-state index contributed by atoms with van der Waals surface area (Å²) in [4.78, 5) is 22.7.